The monoisotopic (exact) mass is 245 g/mol. The molecule has 2 N–H and O–H groups in total. The van der Waals surface area contributed by atoms with E-state index in [0.29, 0.717) is 5.82 Å². The number of nitrogens with one attached hydrogen (secondary N) is 2. The molecular weight excluding hydrogens is 230 g/mol. The Labute approximate surface area is 105 Å². The first-order chi connectivity index (χ1) is 8.69. The van der Waals surface area contributed by atoms with E-state index in [0.717, 1.165) is 24.2 Å². The summed E-state index contributed by atoms with van der Waals surface area (Å²) >= 11 is 0. The lowest BCUT2D eigenvalue weighted by molar-refractivity contribution is 0.101. The molecule has 0 aliphatic rings. The minimum Gasteiger partial charge on any atom is -0.304 e. The van der Waals surface area contributed by atoms with Gasteiger partial charge in [0, 0.05) is 12.6 Å². The summed E-state index contributed by atoms with van der Waals surface area (Å²) in [4.78, 5) is 20.0. The summed E-state index contributed by atoms with van der Waals surface area (Å²) in [5.74, 6) is 0.998. The lowest BCUT2D eigenvalue weighted by Gasteiger charge is -2.01. The van der Waals surface area contributed by atoms with E-state index in [1.807, 2.05) is 19.9 Å². The van der Waals surface area contributed by atoms with Crippen LogP contribution in [0.2, 0.25) is 0 Å². The number of carbonyl (C=O) groups excluding carboxylic acids is 1. The molecule has 0 saturated carbocycles. The van der Waals surface area contributed by atoms with E-state index in [9.17, 15) is 4.79 Å². The molecule has 0 aliphatic carbocycles. The van der Waals surface area contributed by atoms with Crippen molar-refractivity contribution < 1.29 is 4.79 Å². The standard InChI is InChI=1S/C12H15N5O/c1-3-4-10-14-11(17-16-10)12(18)15-9-6-5-8(2)7-13-9/h5-7H,3-4H2,1-2H3,(H,13,15,18)(H,14,16,17). The van der Waals surface area contributed by atoms with Crippen LogP contribution in [0.4, 0.5) is 5.82 Å². The number of hydrogen-bond acceptors (Lipinski definition) is 4. The van der Waals surface area contributed by atoms with Crippen molar-refractivity contribution in [3.8, 4) is 0 Å². The summed E-state index contributed by atoms with van der Waals surface area (Å²) in [5.41, 5.74) is 1.04. The molecule has 0 aliphatic heterocycles. The van der Waals surface area contributed by atoms with Gasteiger partial charge < -0.3 is 5.32 Å². The molecule has 0 radical (unpaired) electrons. The van der Waals surface area contributed by atoms with Gasteiger partial charge in [-0.3, -0.25) is 9.89 Å². The van der Waals surface area contributed by atoms with Crippen molar-refractivity contribution in [1.82, 2.24) is 20.2 Å². The number of amides is 1. The Balaban J connectivity index is 2.04. The first-order valence-corrected chi connectivity index (χ1v) is 5.84. The van der Waals surface area contributed by atoms with Gasteiger partial charge in [0.25, 0.3) is 5.91 Å². The fourth-order valence-electron chi connectivity index (χ4n) is 1.46. The minimum absolute atomic E-state index is 0.140. The number of aromatic amines is 1. The van der Waals surface area contributed by atoms with Crippen molar-refractivity contribution in [2.45, 2.75) is 26.7 Å². The zero-order valence-corrected chi connectivity index (χ0v) is 10.4. The molecule has 0 unspecified atom stereocenters. The molecule has 0 spiro atoms. The molecule has 2 aromatic rings. The second-order valence-electron chi connectivity index (χ2n) is 4.03. The predicted molar refractivity (Wildman–Crippen MR) is 67.3 cm³/mol. The second kappa shape index (κ2) is 5.39. The third-order valence-corrected chi connectivity index (χ3v) is 2.37. The lowest BCUT2D eigenvalue weighted by atomic mass is 10.3. The first kappa shape index (κ1) is 12.2. The van der Waals surface area contributed by atoms with Gasteiger partial charge in [-0.05, 0) is 25.0 Å². The van der Waals surface area contributed by atoms with Crippen molar-refractivity contribution in [3.63, 3.8) is 0 Å². The Morgan fingerprint density at radius 1 is 1.44 bits per heavy atom. The summed E-state index contributed by atoms with van der Waals surface area (Å²) in [7, 11) is 0. The average molecular weight is 245 g/mol. The maximum absolute atomic E-state index is 11.8. The van der Waals surface area contributed by atoms with Crippen LogP contribution in [0.1, 0.15) is 35.4 Å². The zero-order chi connectivity index (χ0) is 13.0. The average Bonchev–Trinajstić information content (AvgIpc) is 2.81. The van der Waals surface area contributed by atoms with Crippen molar-refractivity contribution in [1.29, 1.82) is 0 Å². The van der Waals surface area contributed by atoms with Crippen molar-refractivity contribution >= 4 is 11.7 Å². The van der Waals surface area contributed by atoms with E-state index in [2.05, 4.69) is 25.5 Å². The van der Waals surface area contributed by atoms with E-state index in [-0.39, 0.29) is 11.7 Å². The third kappa shape index (κ3) is 2.91. The van der Waals surface area contributed by atoms with Gasteiger partial charge in [-0.15, -0.1) is 5.10 Å². The fraction of sp³-hybridized carbons (Fsp3) is 0.333. The molecule has 6 nitrogen and oxygen atoms in total. The third-order valence-electron chi connectivity index (χ3n) is 2.37. The number of anilines is 1. The Bertz CT molecular complexity index is 532. The highest BCUT2D eigenvalue weighted by Crippen LogP contribution is 2.05. The van der Waals surface area contributed by atoms with Crippen molar-refractivity contribution in [2.75, 3.05) is 5.32 Å². The molecule has 2 heterocycles. The Hall–Kier alpha value is -2.24. The summed E-state index contributed by atoms with van der Waals surface area (Å²) < 4.78 is 0. The minimum atomic E-state index is -0.357. The van der Waals surface area contributed by atoms with E-state index in [4.69, 9.17) is 0 Å². The largest absolute Gasteiger partial charge is 0.304 e. The van der Waals surface area contributed by atoms with Gasteiger partial charge in [0.15, 0.2) is 0 Å². The summed E-state index contributed by atoms with van der Waals surface area (Å²) in [6, 6.07) is 3.62. The highest BCUT2D eigenvalue weighted by Gasteiger charge is 2.12. The Morgan fingerprint density at radius 3 is 2.94 bits per heavy atom. The maximum Gasteiger partial charge on any atom is 0.296 e. The van der Waals surface area contributed by atoms with E-state index in [1.54, 1.807) is 12.3 Å². The molecular formula is C12H15N5O. The number of nitrogens with zero attached hydrogens (tertiary/aromatic N) is 3. The zero-order valence-electron chi connectivity index (χ0n) is 10.4. The van der Waals surface area contributed by atoms with Crippen LogP contribution in [0.3, 0.4) is 0 Å². The molecule has 0 bridgehead atoms. The predicted octanol–water partition coefficient (Wildman–Crippen LogP) is 1.71. The highest BCUT2D eigenvalue weighted by atomic mass is 16.2. The van der Waals surface area contributed by atoms with Crippen LogP contribution in [0.25, 0.3) is 0 Å². The van der Waals surface area contributed by atoms with Crippen LogP contribution in [0.5, 0.6) is 0 Å². The van der Waals surface area contributed by atoms with Crippen LogP contribution in [-0.4, -0.2) is 26.1 Å². The normalized spacial score (nSPS) is 10.3. The van der Waals surface area contributed by atoms with Gasteiger partial charge in [-0.2, -0.15) is 0 Å². The molecule has 94 valence electrons. The van der Waals surface area contributed by atoms with E-state index >= 15 is 0 Å². The SMILES string of the molecule is CCCc1nc(C(=O)Nc2ccc(C)cn2)n[nH]1. The lowest BCUT2D eigenvalue weighted by Crippen LogP contribution is -2.14. The second-order valence-corrected chi connectivity index (χ2v) is 4.03. The summed E-state index contributed by atoms with van der Waals surface area (Å²) in [6.45, 7) is 3.98. The number of rotatable bonds is 4. The Kier molecular flexibility index (Phi) is 3.66. The van der Waals surface area contributed by atoms with Gasteiger partial charge in [0.1, 0.15) is 11.6 Å². The smallest absolute Gasteiger partial charge is 0.296 e. The molecule has 2 rings (SSSR count). The van der Waals surface area contributed by atoms with Crippen LogP contribution in [0.15, 0.2) is 18.3 Å². The molecule has 0 aromatic carbocycles. The van der Waals surface area contributed by atoms with E-state index < -0.39 is 0 Å². The van der Waals surface area contributed by atoms with Crippen molar-refractivity contribution in [2.24, 2.45) is 0 Å². The molecule has 0 saturated heterocycles. The topological polar surface area (TPSA) is 83.6 Å². The first-order valence-electron chi connectivity index (χ1n) is 5.84. The van der Waals surface area contributed by atoms with Gasteiger partial charge in [-0.25, -0.2) is 9.97 Å². The van der Waals surface area contributed by atoms with Gasteiger partial charge in [0.2, 0.25) is 5.82 Å². The van der Waals surface area contributed by atoms with Gasteiger partial charge >= 0.3 is 0 Å². The fourth-order valence-corrected chi connectivity index (χ4v) is 1.46. The molecule has 2 aromatic heterocycles. The number of aromatic nitrogens is 4. The van der Waals surface area contributed by atoms with Gasteiger partial charge in [0.05, 0.1) is 0 Å². The summed E-state index contributed by atoms with van der Waals surface area (Å²) in [5, 5.41) is 9.26. The van der Waals surface area contributed by atoms with Crippen LogP contribution in [-0.2, 0) is 6.42 Å². The number of hydrogen-bond donors (Lipinski definition) is 2. The van der Waals surface area contributed by atoms with E-state index in [1.165, 1.54) is 0 Å². The maximum atomic E-state index is 11.8. The molecule has 0 fully saturated rings. The molecule has 0 atom stereocenters. The molecule has 6 heteroatoms. The quantitative estimate of drug-likeness (QED) is 0.859. The van der Waals surface area contributed by atoms with Crippen LogP contribution < -0.4 is 5.32 Å². The van der Waals surface area contributed by atoms with Gasteiger partial charge in [-0.1, -0.05) is 13.0 Å². The summed E-state index contributed by atoms with van der Waals surface area (Å²) in [6.07, 6.45) is 3.43. The number of H-pyrrole nitrogens is 1. The number of carbonyl (C=O) groups is 1. The highest BCUT2D eigenvalue weighted by molar-refractivity contribution is 6.00. The van der Waals surface area contributed by atoms with Crippen molar-refractivity contribution in [3.05, 3.63) is 35.5 Å². The van der Waals surface area contributed by atoms with Crippen LogP contribution >= 0.6 is 0 Å². The van der Waals surface area contributed by atoms with Crippen LogP contribution in [0, 0.1) is 6.92 Å². The number of aryl methyl sites for hydroxylation is 2. The molecule has 1 amide bonds. The Morgan fingerprint density at radius 2 is 2.28 bits per heavy atom. The molecule has 18 heavy (non-hydrogen) atoms. The number of pyridine rings is 1.